The SMILES string of the molecule is C=C(C)C(=O)NCCCCN(C)CC. The molecule has 0 radical (unpaired) electrons. The lowest BCUT2D eigenvalue weighted by molar-refractivity contribution is -0.117. The zero-order valence-corrected chi connectivity index (χ0v) is 9.60. The Bertz CT molecular complexity index is 190. The molecule has 0 aliphatic carbocycles. The summed E-state index contributed by atoms with van der Waals surface area (Å²) in [4.78, 5) is 13.3. The van der Waals surface area contributed by atoms with Gasteiger partial charge in [-0.05, 0) is 39.9 Å². The molecule has 82 valence electrons. The Kier molecular flexibility index (Phi) is 7.11. The topological polar surface area (TPSA) is 32.3 Å². The summed E-state index contributed by atoms with van der Waals surface area (Å²) in [5.41, 5.74) is 0.579. The predicted molar refractivity (Wildman–Crippen MR) is 60.2 cm³/mol. The number of unbranched alkanes of at least 4 members (excludes halogenated alkanes) is 1. The normalized spacial score (nSPS) is 10.3. The highest BCUT2D eigenvalue weighted by Gasteiger charge is 1.99. The molecule has 0 atom stereocenters. The van der Waals surface area contributed by atoms with Crippen LogP contribution in [0.5, 0.6) is 0 Å². The Morgan fingerprint density at radius 2 is 2.07 bits per heavy atom. The largest absolute Gasteiger partial charge is 0.352 e. The maximum absolute atomic E-state index is 11.1. The highest BCUT2D eigenvalue weighted by atomic mass is 16.1. The first-order valence-corrected chi connectivity index (χ1v) is 5.20. The second-order valence-corrected chi connectivity index (χ2v) is 3.64. The van der Waals surface area contributed by atoms with Crippen LogP contribution >= 0.6 is 0 Å². The van der Waals surface area contributed by atoms with Crippen LogP contribution in [0, 0.1) is 0 Å². The van der Waals surface area contributed by atoms with Crippen molar-refractivity contribution in [3.8, 4) is 0 Å². The molecule has 1 N–H and O–H groups in total. The molecule has 0 bridgehead atoms. The summed E-state index contributed by atoms with van der Waals surface area (Å²) >= 11 is 0. The number of hydrogen-bond acceptors (Lipinski definition) is 2. The van der Waals surface area contributed by atoms with E-state index in [1.165, 1.54) is 0 Å². The van der Waals surface area contributed by atoms with Gasteiger partial charge >= 0.3 is 0 Å². The Balaban J connectivity index is 3.30. The lowest BCUT2D eigenvalue weighted by Crippen LogP contribution is -2.26. The van der Waals surface area contributed by atoms with Gasteiger partial charge in [0, 0.05) is 12.1 Å². The van der Waals surface area contributed by atoms with E-state index < -0.39 is 0 Å². The molecule has 0 aliphatic heterocycles. The minimum Gasteiger partial charge on any atom is -0.352 e. The summed E-state index contributed by atoms with van der Waals surface area (Å²) in [7, 11) is 2.10. The van der Waals surface area contributed by atoms with Crippen LogP contribution < -0.4 is 5.32 Å². The van der Waals surface area contributed by atoms with Crippen molar-refractivity contribution in [1.82, 2.24) is 10.2 Å². The van der Waals surface area contributed by atoms with Gasteiger partial charge in [-0.1, -0.05) is 13.5 Å². The van der Waals surface area contributed by atoms with E-state index in [4.69, 9.17) is 0 Å². The van der Waals surface area contributed by atoms with E-state index in [9.17, 15) is 4.79 Å². The zero-order chi connectivity index (χ0) is 11.0. The fourth-order valence-corrected chi connectivity index (χ4v) is 1.02. The van der Waals surface area contributed by atoms with Crippen molar-refractivity contribution in [3.05, 3.63) is 12.2 Å². The average Bonchev–Trinajstić information content (AvgIpc) is 2.16. The van der Waals surface area contributed by atoms with Crippen molar-refractivity contribution in [2.75, 3.05) is 26.7 Å². The van der Waals surface area contributed by atoms with Gasteiger partial charge in [0.25, 0.3) is 0 Å². The van der Waals surface area contributed by atoms with E-state index in [1.54, 1.807) is 6.92 Å². The zero-order valence-electron chi connectivity index (χ0n) is 9.60. The van der Waals surface area contributed by atoms with Gasteiger partial charge in [-0.15, -0.1) is 0 Å². The second-order valence-electron chi connectivity index (χ2n) is 3.64. The molecule has 3 heteroatoms. The summed E-state index contributed by atoms with van der Waals surface area (Å²) in [6.45, 7) is 10.4. The van der Waals surface area contributed by atoms with Gasteiger partial charge in [-0.2, -0.15) is 0 Å². The fraction of sp³-hybridized carbons (Fsp3) is 0.727. The Labute approximate surface area is 87.2 Å². The van der Waals surface area contributed by atoms with E-state index in [2.05, 4.69) is 30.8 Å². The lowest BCUT2D eigenvalue weighted by Gasteiger charge is -2.13. The highest BCUT2D eigenvalue weighted by Crippen LogP contribution is 1.92. The molecule has 0 unspecified atom stereocenters. The summed E-state index contributed by atoms with van der Waals surface area (Å²) in [6.07, 6.45) is 2.16. The van der Waals surface area contributed by atoms with Gasteiger partial charge < -0.3 is 10.2 Å². The molecule has 0 aromatic rings. The third kappa shape index (κ3) is 6.66. The maximum atomic E-state index is 11.1. The lowest BCUT2D eigenvalue weighted by atomic mass is 10.2. The van der Waals surface area contributed by atoms with Crippen molar-refractivity contribution in [2.45, 2.75) is 26.7 Å². The first kappa shape index (κ1) is 13.2. The third-order valence-electron chi connectivity index (χ3n) is 2.18. The number of carbonyl (C=O) groups is 1. The van der Waals surface area contributed by atoms with Gasteiger partial charge in [-0.25, -0.2) is 0 Å². The molecule has 14 heavy (non-hydrogen) atoms. The van der Waals surface area contributed by atoms with Crippen LogP contribution in [-0.4, -0.2) is 37.5 Å². The van der Waals surface area contributed by atoms with Crippen LogP contribution in [0.4, 0.5) is 0 Å². The summed E-state index contributed by atoms with van der Waals surface area (Å²) < 4.78 is 0. The van der Waals surface area contributed by atoms with E-state index in [-0.39, 0.29) is 5.91 Å². The second kappa shape index (κ2) is 7.56. The molecule has 0 aromatic carbocycles. The van der Waals surface area contributed by atoms with Crippen LogP contribution in [0.2, 0.25) is 0 Å². The van der Waals surface area contributed by atoms with E-state index >= 15 is 0 Å². The van der Waals surface area contributed by atoms with Crippen molar-refractivity contribution in [3.63, 3.8) is 0 Å². The molecule has 0 aromatic heterocycles. The van der Waals surface area contributed by atoms with E-state index in [1.807, 2.05) is 0 Å². The molecular formula is C11H22N2O. The average molecular weight is 198 g/mol. The standard InChI is InChI=1S/C11H22N2O/c1-5-13(4)9-7-6-8-12-11(14)10(2)3/h2,5-9H2,1,3-4H3,(H,12,14). The number of hydrogen-bond donors (Lipinski definition) is 1. The predicted octanol–water partition coefficient (Wildman–Crippen LogP) is 1.41. The van der Waals surface area contributed by atoms with Crippen molar-refractivity contribution in [1.29, 1.82) is 0 Å². The van der Waals surface area contributed by atoms with Gasteiger partial charge in [0.15, 0.2) is 0 Å². The molecule has 1 amide bonds. The molecule has 0 fully saturated rings. The molecule has 0 heterocycles. The third-order valence-corrected chi connectivity index (χ3v) is 2.18. The molecule has 3 nitrogen and oxygen atoms in total. The summed E-state index contributed by atoms with van der Waals surface area (Å²) in [5.74, 6) is -0.0335. The van der Waals surface area contributed by atoms with E-state index in [0.29, 0.717) is 5.57 Å². The minimum absolute atomic E-state index is 0.0335. The molecule has 0 saturated carbocycles. The summed E-state index contributed by atoms with van der Waals surface area (Å²) in [5, 5.41) is 2.82. The Morgan fingerprint density at radius 3 is 2.57 bits per heavy atom. The monoisotopic (exact) mass is 198 g/mol. The van der Waals surface area contributed by atoms with Crippen LogP contribution in [0.25, 0.3) is 0 Å². The van der Waals surface area contributed by atoms with Crippen LogP contribution in [0.15, 0.2) is 12.2 Å². The molecule has 0 aliphatic rings. The molecular weight excluding hydrogens is 176 g/mol. The van der Waals surface area contributed by atoms with E-state index in [0.717, 1.165) is 32.5 Å². The quantitative estimate of drug-likeness (QED) is 0.495. The van der Waals surface area contributed by atoms with Crippen LogP contribution in [0.1, 0.15) is 26.7 Å². The van der Waals surface area contributed by atoms with Gasteiger partial charge in [-0.3, -0.25) is 4.79 Å². The number of nitrogens with one attached hydrogen (secondary N) is 1. The van der Waals surface area contributed by atoms with Gasteiger partial charge in [0.05, 0.1) is 0 Å². The molecule has 0 spiro atoms. The Hall–Kier alpha value is -0.830. The van der Waals surface area contributed by atoms with Gasteiger partial charge in [0.2, 0.25) is 5.91 Å². The maximum Gasteiger partial charge on any atom is 0.246 e. The number of nitrogens with zero attached hydrogens (tertiary/aromatic N) is 1. The number of amides is 1. The first-order chi connectivity index (χ1) is 6.57. The van der Waals surface area contributed by atoms with Crippen molar-refractivity contribution in [2.24, 2.45) is 0 Å². The van der Waals surface area contributed by atoms with Crippen LogP contribution in [-0.2, 0) is 4.79 Å². The summed E-state index contributed by atoms with van der Waals surface area (Å²) in [6, 6.07) is 0. The minimum atomic E-state index is -0.0335. The first-order valence-electron chi connectivity index (χ1n) is 5.20. The fourth-order valence-electron chi connectivity index (χ4n) is 1.02. The highest BCUT2D eigenvalue weighted by molar-refractivity contribution is 5.91. The number of carbonyl (C=O) groups excluding carboxylic acids is 1. The number of rotatable bonds is 7. The van der Waals surface area contributed by atoms with Crippen LogP contribution in [0.3, 0.4) is 0 Å². The molecule has 0 saturated heterocycles. The molecule has 0 rings (SSSR count). The Morgan fingerprint density at radius 1 is 1.43 bits per heavy atom. The van der Waals surface area contributed by atoms with Crippen molar-refractivity contribution >= 4 is 5.91 Å². The van der Waals surface area contributed by atoms with Crippen molar-refractivity contribution < 1.29 is 4.79 Å². The smallest absolute Gasteiger partial charge is 0.246 e. The van der Waals surface area contributed by atoms with Gasteiger partial charge in [0.1, 0.15) is 0 Å².